The standard InChI is InChI=1S/C13H18ClFN2O3/c1-9(2)20-6-4-3-5-16-12-8-11(15)10(14)7-13(12)17(18)19/h7-9,16H,3-6H2,1-2H3. The molecule has 0 radical (unpaired) electrons. The Morgan fingerprint density at radius 2 is 2.15 bits per heavy atom. The van der Waals surface area contributed by atoms with Crippen LogP contribution in [0.3, 0.4) is 0 Å². The van der Waals surface area contributed by atoms with E-state index < -0.39 is 10.7 Å². The number of nitro benzene ring substituents is 1. The van der Waals surface area contributed by atoms with Gasteiger partial charge in [-0.3, -0.25) is 10.1 Å². The van der Waals surface area contributed by atoms with Crippen LogP contribution in [0, 0.1) is 15.9 Å². The lowest BCUT2D eigenvalue weighted by atomic mass is 10.2. The first-order valence-electron chi connectivity index (χ1n) is 6.40. The van der Waals surface area contributed by atoms with E-state index in [2.05, 4.69) is 5.32 Å². The maximum absolute atomic E-state index is 13.3. The Hall–Kier alpha value is -1.40. The molecular weight excluding hydrogens is 287 g/mol. The summed E-state index contributed by atoms with van der Waals surface area (Å²) in [7, 11) is 0. The van der Waals surface area contributed by atoms with Gasteiger partial charge in [0.25, 0.3) is 5.69 Å². The second-order valence-corrected chi connectivity index (χ2v) is 5.00. The second-order valence-electron chi connectivity index (χ2n) is 4.59. The molecule has 5 nitrogen and oxygen atoms in total. The van der Waals surface area contributed by atoms with Crippen molar-refractivity contribution in [3.05, 3.63) is 33.1 Å². The molecule has 0 bridgehead atoms. The summed E-state index contributed by atoms with van der Waals surface area (Å²) in [6.07, 6.45) is 1.79. The molecule has 1 aromatic rings. The quantitative estimate of drug-likeness (QED) is 0.448. The zero-order chi connectivity index (χ0) is 15.1. The number of benzene rings is 1. The summed E-state index contributed by atoms with van der Waals surface area (Å²) in [4.78, 5) is 10.3. The molecule has 0 fully saturated rings. The first-order chi connectivity index (χ1) is 9.41. The predicted octanol–water partition coefficient (Wildman–Crippen LogP) is 4.00. The van der Waals surface area contributed by atoms with Gasteiger partial charge in [-0.1, -0.05) is 11.6 Å². The third-order valence-electron chi connectivity index (χ3n) is 2.57. The van der Waals surface area contributed by atoms with Crippen LogP contribution in [0.1, 0.15) is 26.7 Å². The Morgan fingerprint density at radius 1 is 1.45 bits per heavy atom. The second kappa shape index (κ2) is 8.01. The Balaban J connectivity index is 2.51. The third kappa shape index (κ3) is 5.30. The number of hydrogen-bond acceptors (Lipinski definition) is 4. The number of anilines is 1. The molecule has 0 saturated heterocycles. The lowest BCUT2D eigenvalue weighted by molar-refractivity contribution is -0.384. The molecule has 0 aromatic heterocycles. The van der Waals surface area contributed by atoms with Gasteiger partial charge < -0.3 is 10.1 Å². The Labute approximate surface area is 122 Å². The van der Waals surface area contributed by atoms with Gasteiger partial charge in [0.2, 0.25) is 0 Å². The molecule has 0 spiro atoms. The van der Waals surface area contributed by atoms with E-state index in [-0.39, 0.29) is 22.5 Å². The van der Waals surface area contributed by atoms with Crippen molar-refractivity contribution in [3.63, 3.8) is 0 Å². The summed E-state index contributed by atoms with van der Waals surface area (Å²) in [5.74, 6) is -0.678. The Kier molecular flexibility index (Phi) is 6.67. The van der Waals surface area contributed by atoms with E-state index in [0.717, 1.165) is 25.0 Å². The Bertz CT molecular complexity index is 469. The van der Waals surface area contributed by atoms with Crippen molar-refractivity contribution in [1.82, 2.24) is 0 Å². The molecular formula is C13H18ClFN2O3. The molecule has 112 valence electrons. The molecule has 20 heavy (non-hydrogen) atoms. The van der Waals surface area contributed by atoms with Crippen molar-refractivity contribution in [2.24, 2.45) is 0 Å². The maximum Gasteiger partial charge on any atom is 0.294 e. The summed E-state index contributed by atoms with van der Waals surface area (Å²) in [6, 6.07) is 2.06. The van der Waals surface area contributed by atoms with E-state index in [9.17, 15) is 14.5 Å². The lowest BCUT2D eigenvalue weighted by Crippen LogP contribution is -2.08. The zero-order valence-corrected chi connectivity index (χ0v) is 12.2. The van der Waals surface area contributed by atoms with Crippen LogP contribution in [-0.2, 0) is 4.74 Å². The molecule has 0 amide bonds. The smallest absolute Gasteiger partial charge is 0.294 e. The van der Waals surface area contributed by atoms with Crippen molar-refractivity contribution in [1.29, 1.82) is 0 Å². The number of unbranched alkanes of at least 4 members (excludes halogenated alkanes) is 1. The van der Waals surface area contributed by atoms with Gasteiger partial charge in [0.1, 0.15) is 11.5 Å². The van der Waals surface area contributed by atoms with E-state index >= 15 is 0 Å². The number of hydrogen-bond donors (Lipinski definition) is 1. The van der Waals surface area contributed by atoms with E-state index in [4.69, 9.17) is 16.3 Å². The number of nitro groups is 1. The highest BCUT2D eigenvalue weighted by molar-refractivity contribution is 6.31. The van der Waals surface area contributed by atoms with Crippen molar-refractivity contribution in [3.8, 4) is 0 Å². The van der Waals surface area contributed by atoms with Gasteiger partial charge in [-0.25, -0.2) is 4.39 Å². The first-order valence-corrected chi connectivity index (χ1v) is 6.78. The highest BCUT2D eigenvalue weighted by Gasteiger charge is 2.17. The number of halogens is 2. The molecule has 1 rings (SSSR count). The van der Waals surface area contributed by atoms with Gasteiger partial charge in [-0.2, -0.15) is 0 Å². The number of nitrogens with zero attached hydrogens (tertiary/aromatic N) is 1. The van der Waals surface area contributed by atoms with Crippen LogP contribution in [0.4, 0.5) is 15.8 Å². The molecule has 0 aliphatic carbocycles. The van der Waals surface area contributed by atoms with Crippen molar-refractivity contribution in [2.45, 2.75) is 32.8 Å². The third-order valence-corrected chi connectivity index (χ3v) is 2.86. The van der Waals surface area contributed by atoms with Crippen molar-refractivity contribution >= 4 is 23.0 Å². The lowest BCUT2D eigenvalue weighted by Gasteiger charge is -2.09. The molecule has 0 atom stereocenters. The predicted molar refractivity (Wildman–Crippen MR) is 76.9 cm³/mol. The van der Waals surface area contributed by atoms with Crippen molar-refractivity contribution < 1.29 is 14.1 Å². The minimum Gasteiger partial charge on any atom is -0.379 e. The monoisotopic (exact) mass is 304 g/mol. The molecule has 0 unspecified atom stereocenters. The van der Waals surface area contributed by atoms with Gasteiger partial charge in [-0.15, -0.1) is 0 Å². The van der Waals surface area contributed by atoms with Crippen molar-refractivity contribution in [2.75, 3.05) is 18.5 Å². The largest absolute Gasteiger partial charge is 0.379 e. The van der Waals surface area contributed by atoms with Crippen LogP contribution < -0.4 is 5.32 Å². The molecule has 0 heterocycles. The minimum absolute atomic E-state index is 0.140. The van der Waals surface area contributed by atoms with Crippen LogP contribution >= 0.6 is 11.6 Å². The average molecular weight is 305 g/mol. The van der Waals surface area contributed by atoms with E-state index in [1.165, 1.54) is 0 Å². The zero-order valence-electron chi connectivity index (χ0n) is 11.5. The summed E-state index contributed by atoms with van der Waals surface area (Å²) < 4.78 is 18.7. The van der Waals surface area contributed by atoms with E-state index in [1.54, 1.807) is 0 Å². The van der Waals surface area contributed by atoms with Gasteiger partial charge >= 0.3 is 0 Å². The summed E-state index contributed by atoms with van der Waals surface area (Å²) in [5, 5.41) is 13.5. The van der Waals surface area contributed by atoms with Crippen LogP contribution in [0.25, 0.3) is 0 Å². The van der Waals surface area contributed by atoms with Crippen LogP contribution in [0.2, 0.25) is 5.02 Å². The maximum atomic E-state index is 13.3. The molecule has 0 aliphatic heterocycles. The van der Waals surface area contributed by atoms with E-state index in [0.29, 0.717) is 13.2 Å². The summed E-state index contributed by atoms with van der Waals surface area (Å²) in [5.41, 5.74) is -0.0866. The van der Waals surface area contributed by atoms with Crippen LogP contribution in [0.15, 0.2) is 12.1 Å². The summed E-state index contributed by atoms with van der Waals surface area (Å²) >= 11 is 5.54. The normalized spacial score (nSPS) is 10.8. The topological polar surface area (TPSA) is 64.4 Å². The molecule has 0 saturated carbocycles. The van der Waals surface area contributed by atoms with Gasteiger partial charge in [0.15, 0.2) is 0 Å². The summed E-state index contributed by atoms with van der Waals surface area (Å²) in [6.45, 7) is 5.05. The van der Waals surface area contributed by atoms with Crippen LogP contribution in [-0.4, -0.2) is 24.2 Å². The van der Waals surface area contributed by atoms with Crippen LogP contribution in [0.5, 0.6) is 0 Å². The Morgan fingerprint density at radius 3 is 2.75 bits per heavy atom. The number of rotatable bonds is 8. The average Bonchev–Trinajstić information content (AvgIpc) is 2.36. The fourth-order valence-electron chi connectivity index (χ4n) is 1.60. The minimum atomic E-state index is -0.678. The first kappa shape index (κ1) is 16.7. The molecule has 1 N–H and O–H groups in total. The molecule has 0 aliphatic rings. The van der Waals surface area contributed by atoms with Gasteiger partial charge in [-0.05, 0) is 26.7 Å². The molecule has 1 aromatic carbocycles. The highest BCUT2D eigenvalue weighted by Crippen LogP contribution is 2.30. The number of ether oxygens (including phenoxy) is 1. The highest BCUT2D eigenvalue weighted by atomic mass is 35.5. The number of nitrogens with one attached hydrogen (secondary N) is 1. The van der Waals surface area contributed by atoms with Gasteiger partial charge in [0, 0.05) is 25.3 Å². The molecule has 7 heteroatoms. The van der Waals surface area contributed by atoms with Gasteiger partial charge in [0.05, 0.1) is 16.0 Å². The fraction of sp³-hybridized carbons (Fsp3) is 0.538. The fourth-order valence-corrected chi connectivity index (χ4v) is 1.76. The SMILES string of the molecule is CC(C)OCCCCNc1cc(F)c(Cl)cc1[N+](=O)[O-]. The van der Waals surface area contributed by atoms with E-state index in [1.807, 2.05) is 13.8 Å².